The molecule has 124 valence electrons. The van der Waals surface area contributed by atoms with E-state index >= 15 is 0 Å². The van der Waals surface area contributed by atoms with Gasteiger partial charge in [0.1, 0.15) is 0 Å². The zero-order valence-electron chi connectivity index (χ0n) is 13.6. The van der Waals surface area contributed by atoms with Crippen LogP contribution in [0, 0.1) is 0 Å². The SMILES string of the molecule is CC(O)C(C)OC1(C(=O)O)CCCCCCCCCCC1. The second-order valence-electron chi connectivity index (χ2n) is 6.54. The Morgan fingerprint density at radius 3 is 1.62 bits per heavy atom. The minimum Gasteiger partial charge on any atom is -0.479 e. The lowest BCUT2D eigenvalue weighted by Crippen LogP contribution is -2.46. The van der Waals surface area contributed by atoms with Crippen LogP contribution in [-0.4, -0.2) is 34.0 Å². The molecular weight excluding hydrogens is 268 g/mol. The number of carboxylic acids is 1. The summed E-state index contributed by atoms with van der Waals surface area (Å²) in [6.07, 6.45) is 10.1. The van der Waals surface area contributed by atoms with Gasteiger partial charge in [0.2, 0.25) is 0 Å². The van der Waals surface area contributed by atoms with Crippen molar-refractivity contribution in [2.45, 2.75) is 102 Å². The maximum absolute atomic E-state index is 11.8. The number of ether oxygens (including phenoxy) is 1. The molecule has 0 saturated heterocycles. The van der Waals surface area contributed by atoms with Gasteiger partial charge in [-0.3, -0.25) is 0 Å². The lowest BCUT2D eigenvalue weighted by molar-refractivity contribution is -0.183. The van der Waals surface area contributed by atoms with Crippen LogP contribution in [0.3, 0.4) is 0 Å². The van der Waals surface area contributed by atoms with Gasteiger partial charge < -0.3 is 14.9 Å². The number of aliphatic carboxylic acids is 1. The van der Waals surface area contributed by atoms with E-state index in [0.29, 0.717) is 12.8 Å². The van der Waals surface area contributed by atoms with E-state index in [-0.39, 0.29) is 0 Å². The van der Waals surface area contributed by atoms with Gasteiger partial charge in [-0.2, -0.15) is 0 Å². The number of aliphatic hydroxyl groups is 1. The molecule has 0 aliphatic heterocycles. The third-order valence-corrected chi connectivity index (χ3v) is 4.64. The minimum absolute atomic E-state index is 0.450. The van der Waals surface area contributed by atoms with E-state index in [0.717, 1.165) is 25.7 Å². The van der Waals surface area contributed by atoms with Gasteiger partial charge >= 0.3 is 5.97 Å². The number of carbonyl (C=O) groups is 1. The van der Waals surface area contributed by atoms with Gasteiger partial charge in [-0.1, -0.05) is 44.9 Å². The van der Waals surface area contributed by atoms with Crippen molar-refractivity contribution < 1.29 is 19.7 Å². The molecule has 21 heavy (non-hydrogen) atoms. The first-order chi connectivity index (χ1) is 9.98. The van der Waals surface area contributed by atoms with Gasteiger partial charge in [-0.05, 0) is 39.5 Å². The number of hydrogen-bond acceptors (Lipinski definition) is 3. The summed E-state index contributed by atoms with van der Waals surface area (Å²) < 4.78 is 5.86. The molecule has 1 fully saturated rings. The van der Waals surface area contributed by atoms with Crippen molar-refractivity contribution in [3.05, 3.63) is 0 Å². The third-order valence-electron chi connectivity index (χ3n) is 4.64. The second-order valence-corrected chi connectivity index (χ2v) is 6.54. The van der Waals surface area contributed by atoms with E-state index in [1.165, 1.54) is 32.1 Å². The predicted octanol–water partition coefficient (Wildman–Crippen LogP) is 3.90. The molecule has 2 N–H and O–H groups in total. The largest absolute Gasteiger partial charge is 0.479 e. The molecule has 1 rings (SSSR count). The second kappa shape index (κ2) is 9.42. The fraction of sp³-hybridized carbons (Fsp3) is 0.941. The predicted molar refractivity (Wildman–Crippen MR) is 83.4 cm³/mol. The van der Waals surface area contributed by atoms with Crippen molar-refractivity contribution >= 4 is 5.97 Å². The quantitative estimate of drug-likeness (QED) is 0.826. The summed E-state index contributed by atoms with van der Waals surface area (Å²) in [5.41, 5.74) is -1.12. The summed E-state index contributed by atoms with van der Waals surface area (Å²) in [7, 11) is 0. The smallest absolute Gasteiger partial charge is 0.335 e. The average molecular weight is 300 g/mol. The Labute approximate surface area is 128 Å². The summed E-state index contributed by atoms with van der Waals surface area (Å²) >= 11 is 0. The van der Waals surface area contributed by atoms with Crippen LogP contribution in [0.1, 0.15) is 84.5 Å². The monoisotopic (exact) mass is 300 g/mol. The molecule has 0 aromatic rings. The van der Waals surface area contributed by atoms with Gasteiger partial charge in [-0.15, -0.1) is 0 Å². The van der Waals surface area contributed by atoms with Gasteiger partial charge in [0, 0.05) is 0 Å². The highest BCUT2D eigenvalue weighted by atomic mass is 16.5. The van der Waals surface area contributed by atoms with Gasteiger partial charge in [0.15, 0.2) is 5.60 Å². The zero-order valence-corrected chi connectivity index (χ0v) is 13.6. The van der Waals surface area contributed by atoms with Crippen LogP contribution in [0.2, 0.25) is 0 Å². The van der Waals surface area contributed by atoms with E-state index < -0.39 is 23.8 Å². The van der Waals surface area contributed by atoms with Crippen molar-refractivity contribution in [2.24, 2.45) is 0 Å². The normalized spacial score (nSPS) is 24.3. The van der Waals surface area contributed by atoms with E-state index in [1.54, 1.807) is 13.8 Å². The molecule has 0 spiro atoms. The number of aliphatic hydroxyl groups excluding tert-OH is 1. The van der Waals surface area contributed by atoms with E-state index in [1.807, 2.05) is 0 Å². The van der Waals surface area contributed by atoms with Crippen LogP contribution in [0.4, 0.5) is 0 Å². The molecule has 1 aliphatic rings. The minimum atomic E-state index is -1.12. The first-order valence-electron chi connectivity index (χ1n) is 8.57. The Bertz CT molecular complexity index is 289. The van der Waals surface area contributed by atoms with Gasteiger partial charge in [-0.25, -0.2) is 4.79 Å². The Morgan fingerprint density at radius 1 is 0.905 bits per heavy atom. The molecule has 0 amide bonds. The fourth-order valence-corrected chi connectivity index (χ4v) is 3.02. The highest BCUT2D eigenvalue weighted by Crippen LogP contribution is 2.30. The molecule has 4 nitrogen and oxygen atoms in total. The third kappa shape index (κ3) is 6.35. The standard InChI is InChI=1S/C17H32O4/c1-14(18)15(2)21-17(16(19)20)12-10-8-6-4-3-5-7-9-11-13-17/h14-15,18H,3-13H2,1-2H3,(H,19,20). The van der Waals surface area contributed by atoms with E-state index in [4.69, 9.17) is 4.74 Å². The number of hydrogen-bond donors (Lipinski definition) is 2. The van der Waals surface area contributed by atoms with Crippen LogP contribution >= 0.6 is 0 Å². The highest BCUT2D eigenvalue weighted by molar-refractivity contribution is 5.77. The molecule has 0 heterocycles. The van der Waals surface area contributed by atoms with Gasteiger partial charge in [0.25, 0.3) is 0 Å². The maximum atomic E-state index is 11.8. The van der Waals surface area contributed by atoms with Crippen LogP contribution in [0.25, 0.3) is 0 Å². The highest BCUT2D eigenvalue weighted by Gasteiger charge is 2.40. The Hall–Kier alpha value is -0.610. The molecule has 2 atom stereocenters. The van der Waals surface area contributed by atoms with Crippen LogP contribution in [-0.2, 0) is 9.53 Å². The molecule has 1 saturated carbocycles. The zero-order chi connectivity index (χ0) is 15.7. The maximum Gasteiger partial charge on any atom is 0.335 e. The molecule has 0 radical (unpaired) electrons. The van der Waals surface area contributed by atoms with Crippen molar-refractivity contribution in [1.29, 1.82) is 0 Å². The van der Waals surface area contributed by atoms with E-state index in [9.17, 15) is 15.0 Å². The Kier molecular flexibility index (Phi) is 8.27. The number of carboxylic acid groups (broad SMARTS) is 1. The van der Waals surface area contributed by atoms with Crippen molar-refractivity contribution in [1.82, 2.24) is 0 Å². The summed E-state index contributed by atoms with van der Waals surface area (Å²) in [4.78, 5) is 11.8. The molecule has 0 aromatic heterocycles. The summed E-state index contributed by atoms with van der Waals surface area (Å²) in [5, 5.41) is 19.4. The molecule has 1 aliphatic carbocycles. The van der Waals surface area contributed by atoms with Gasteiger partial charge in [0.05, 0.1) is 12.2 Å². The summed E-state index contributed by atoms with van der Waals surface area (Å²) in [6.45, 7) is 3.40. The van der Waals surface area contributed by atoms with Crippen LogP contribution < -0.4 is 0 Å². The van der Waals surface area contributed by atoms with Crippen molar-refractivity contribution in [2.75, 3.05) is 0 Å². The Balaban J connectivity index is 2.74. The molecule has 0 aromatic carbocycles. The topological polar surface area (TPSA) is 66.8 Å². The summed E-state index contributed by atoms with van der Waals surface area (Å²) in [5.74, 6) is -0.868. The lowest BCUT2D eigenvalue weighted by atomic mass is 9.88. The molecule has 4 heteroatoms. The molecule has 0 bridgehead atoms. The summed E-state index contributed by atoms with van der Waals surface area (Å²) in [6, 6.07) is 0. The lowest BCUT2D eigenvalue weighted by Gasteiger charge is -2.34. The van der Waals surface area contributed by atoms with Crippen molar-refractivity contribution in [3.63, 3.8) is 0 Å². The van der Waals surface area contributed by atoms with Crippen LogP contribution in [0.15, 0.2) is 0 Å². The first kappa shape index (κ1) is 18.4. The number of rotatable bonds is 4. The van der Waals surface area contributed by atoms with Crippen molar-refractivity contribution in [3.8, 4) is 0 Å². The fourth-order valence-electron chi connectivity index (χ4n) is 3.02. The van der Waals surface area contributed by atoms with Crippen LogP contribution in [0.5, 0.6) is 0 Å². The Morgan fingerprint density at radius 2 is 1.29 bits per heavy atom. The average Bonchev–Trinajstić information content (AvgIpc) is 2.41. The molecular formula is C17H32O4. The molecule has 2 unspecified atom stereocenters. The first-order valence-corrected chi connectivity index (χ1v) is 8.57. The van der Waals surface area contributed by atoms with E-state index in [2.05, 4.69) is 0 Å².